The number of fused-ring (bicyclic) bond motifs is 2. The summed E-state index contributed by atoms with van der Waals surface area (Å²) in [5.41, 5.74) is 17.4. The Bertz CT molecular complexity index is 1680. The molecule has 2 aromatic heterocycles. The van der Waals surface area contributed by atoms with Gasteiger partial charge in [-0.3, -0.25) is 21.9 Å². The fourth-order valence-corrected chi connectivity index (χ4v) is 6.09. The minimum atomic E-state index is -0.455. The number of thiazole rings is 1. The second kappa shape index (κ2) is 13.6. The van der Waals surface area contributed by atoms with Gasteiger partial charge in [0.25, 0.3) is 0 Å². The van der Waals surface area contributed by atoms with E-state index in [1.54, 1.807) is 24.5 Å². The van der Waals surface area contributed by atoms with Crippen molar-refractivity contribution in [2.24, 2.45) is 23.2 Å². The van der Waals surface area contributed by atoms with Gasteiger partial charge in [0.05, 0.1) is 28.2 Å². The molecule has 0 spiro atoms. The van der Waals surface area contributed by atoms with E-state index < -0.39 is 5.91 Å². The molecule has 0 unspecified atom stereocenters. The maximum Gasteiger partial charge on any atom is 0.248 e. The fraction of sp³-hybridized carbons (Fsp3) is 0.233. The van der Waals surface area contributed by atoms with E-state index in [0.717, 1.165) is 57.6 Å². The summed E-state index contributed by atoms with van der Waals surface area (Å²) in [7, 11) is 1.66. The van der Waals surface area contributed by atoms with Gasteiger partial charge in [-0.2, -0.15) is 0 Å². The Labute approximate surface area is 247 Å². The number of benzene rings is 3. The summed E-state index contributed by atoms with van der Waals surface area (Å²) in [5, 5.41) is 10.6. The SMILES string of the molecule is COc1ccc2sc(CCc3c(CCc4ccc(Cl)cc4)c4cc(C(N)=O)ccc4n3CCC(=N)N)nc2c1.NN. The molecular formula is C30H34ClN7O2S. The van der Waals surface area contributed by atoms with Crippen LogP contribution in [0.4, 0.5) is 0 Å². The molecule has 5 rings (SSSR count). The molecule has 9 N–H and O–H groups in total. The maximum absolute atomic E-state index is 12.1. The van der Waals surface area contributed by atoms with E-state index in [9.17, 15) is 4.79 Å². The van der Waals surface area contributed by atoms with Crippen molar-refractivity contribution in [1.29, 1.82) is 5.41 Å². The summed E-state index contributed by atoms with van der Waals surface area (Å²) >= 11 is 7.79. The quantitative estimate of drug-likeness (QED) is 0.0643. The molecule has 0 radical (unpaired) electrons. The molecule has 11 heteroatoms. The highest BCUT2D eigenvalue weighted by atomic mass is 35.5. The van der Waals surface area contributed by atoms with Gasteiger partial charge in [0.15, 0.2) is 0 Å². The Morgan fingerprint density at radius 1 is 1.00 bits per heavy atom. The molecule has 1 amide bonds. The highest BCUT2D eigenvalue weighted by Gasteiger charge is 2.19. The number of aryl methyl sites for hydroxylation is 4. The summed E-state index contributed by atoms with van der Waals surface area (Å²) in [4.78, 5) is 16.9. The molecule has 0 fully saturated rings. The Kier molecular flexibility index (Phi) is 9.95. The zero-order valence-corrected chi connectivity index (χ0v) is 24.4. The van der Waals surface area contributed by atoms with Gasteiger partial charge in [0.1, 0.15) is 5.75 Å². The van der Waals surface area contributed by atoms with Crippen LogP contribution in [0.3, 0.4) is 0 Å². The number of halogens is 1. The van der Waals surface area contributed by atoms with Crippen LogP contribution in [0.25, 0.3) is 21.1 Å². The first-order chi connectivity index (χ1) is 19.8. The van der Waals surface area contributed by atoms with Gasteiger partial charge < -0.3 is 20.8 Å². The zero-order chi connectivity index (χ0) is 29.5. The van der Waals surface area contributed by atoms with E-state index in [1.807, 2.05) is 54.6 Å². The third-order valence-corrected chi connectivity index (χ3v) is 8.32. The van der Waals surface area contributed by atoms with Gasteiger partial charge >= 0.3 is 0 Å². The van der Waals surface area contributed by atoms with Crippen molar-refractivity contribution in [2.75, 3.05) is 7.11 Å². The monoisotopic (exact) mass is 591 g/mol. The van der Waals surface area contributed by atoms with Gasteiger partial charge in [-0.05, 0) is 72.9 Å². The lowest BCUT2D eigenvalue weighted by Gasteiger charge is -2.12. The number of carbonyl (C=O) groups excluding carboxylic acids is 1. The lowest BCUT2D eigenvalue weighted by molar-refractivity contribution is 0.100. The van der Waals surface area contributed by atoms with E-state index in [2.05, 4.69) is 16.3 Å². The minimum absolute atomic E-state index is 0.138. The van der Waals surface area contributed by atoms with Crippen molar-refractivity contribution >= 4 is 55.8 Å². The first-order valence-corrected chi connectivity index (χ1v) is 14.3. The van der Waals surface area contributed by atoms with E-state index in [0.29, 0.717) is 23.6 Å². The van der Waals surface area contributed by atoms with Gasteiger partial charge in [-0.15, -0.1) is 11.3 Å². The zero-order valence-electron chi connectivity index (χ0n) is 22.8. The molecule has 3 aromatic carbocycles. The Morgan fingerprint density at radius 2 is 1.76 bits per heavy atom. The standard InChI is InChI=1S/C30H30ClN5O2S.H4N2/c1-38-21-8-12-27-24(17-21)35-29(39-27)13-11-25-22(9-4-18-2-6-20(31)7-3-18)23-16-19(30(34)37)5-10-26(23)36(25)15-14-28(32)33;1-2/h2-3,5-8,10,12,16-17H,4,9,11,13-15H2,1H3,(H3,32,33)(H2,34,37);1-2H2. The van der Waals surface area contributed by atoms with Crippen molar-refractivity contribution in [2.45, 2.75) is 38.6 Å². The molecule has 0 saturated carbocycles. The minimum Gasteiger partial charge on any atom is -0.497 e. The van der Waals surface area contributed by atoms with Crippen molar-refractivity contribution in [3.05, 3.63) is 93.1 Å². The van der Waals surface area contributed by atoms with Gasteiger partial charge in [0, 0.05) is 52.6 Å². The van der Waals surface area contributed by atoms with E-state index >= 15 is 0 Å². The number of hydrazine groups is 1. The van der Waals surface area contributed by atoms with Crippen LogP contribution < -0.4 is 27.9 Å². The first kappa shape index (κ1) is 30.0. The second-order valence-corrected chi connectivity index (χ2v) is 11.1. The van der Waals surface area contributed by atoms with Crippen LogP contribution in [0.2, 0.25) is 5.02 Å². The number of amides is 1. The number of amidine groups is 1. The van der Waals surface area contributed by atoms with Crippen molar-refractivity contribution in [1.82, 2.24) is 9.55 Å². The number of ether oxygens (including phenoxy) is 1. The number of nitrogens with zero attached hydrogens (tertiary/aromatic N) is 2. The summed E-state index contributed by atoms with van der Waals surface area (Å²) in [6.45, 7) is 0.578. The number of nitrogens with two attached hydrogens (primary N) is 4. The van der Waals surface area contributed by atoms with Crippen LogP contribution in [-0.2, 0) is 32.2 Å². The van der Waals surface area contributed by atoms with Crippen LogP contribution in [0.1, 0.15) is 38.6 Å². The fourth-order valence-electron chi connectivity index (χ4n) is 5.02. The van der Waals surface area contributed by atoms with E-state index in [1.165, 1.54) is 16.8 Å². The predicted molar refractivity (Wildman–Crippen MR) is 168 cm³/mol. The molecule has 0 aliphatic heterocycles. The van der Waals surface area contributed by atoms with Crippen molar-refractivity contribution in [3.63, 3.8) is 0 Å². The third kappa shape index (κ3) is 7.04. The van der Waals surface area contributed by atoms with Crippen LogP contribution in [0.5, 0.6) is 5.75 Å². The summed E-state index contributed by atoms with van der Waals surface area (Å²) < 4.78 is 8.73. The molecule has 0 bridgehead atoms. The molecule has 5 aromatic rings. The lowest BCUT2D eigenvalue weighted by Crippen LogP contribution is -2.15. The molecule has 214 valence electrons. The highest BCUT2D eigenvalue weighted by Crippen LogP contribution is 2.32. The predicted octanol–water partition coefficient (Wildman–Crippen LogP) is 4.73. The van der Waals surface area contributed by atoms with Crippen LogP contribution in [-0.4, -0.2) is 28.4 Å². The molecule has 0 aliphatic rings. The first-order valence-electron chi connectivity index (χ1n) is 13.1. The average molecular weight is 592 g/mol. The average Bonchev–Trinajstić information content (AvgIpc) is 3.52. The topological polar surface area (TPSA) is 172 Å². The maximum atomic E-state index is 12.1. The van der Waals surface area contributed by atoms with Gasteiger partial charge in [-0.25, -0.2) is 4.98 Å². The normalized spacial score (nSPS) is 10.9. The third-order valence-electron chi connectivity index (χ3n) is 6.97. The van der Waals surface area contributed by atoms with Crippen LogP contribution in [0.15, 0.2) is 60.7 Å². The second-order valence-electron chi connectivity index (χ2n) is 9.52. The molecule has 0 atom stereocenters. The van der Waals surface area contributed by atoms with Crippen molar-refractivity contribution in [3.8, 4) is 5.75 Å². The largest absolute Gasteiger partial charge is 0.497 e. The number of hydrogen-bond acceptors (Lipinski definition) is 7. The van der Waals surface area contributed by atoms with Crippen LogP contribution >= 0.6 is 22.9 Å². The molecular weight excluding hydrogens is 558 g/mol. The summed E-state index contributed by atoms with van der Waals surface area (Å²) in [6.07, 6.45) is 3.55. The summed E-state index contributed by atoms with van der Waals surface area (Å²) in [5.74, 6) is 8.47. The number of primary amides is 1. The van der Waals surface area contributed by atoms with E-state index in [-0.39, 0.29) is 5.84 Å². The molecule has 2 heterocycles. The highest BCUT2D eigenvalue weighted by molar-refractivity contribution is 7.18. The molecule has 0 aliphatic carbocycles. The number of nitrogens with one attached hydrogen (secondary N) is 1. The van der Waals surface area contributed by atoms with E-state index in [4.69, 9.17) is 38.2 Å². The number of carbonyl (C=O) groups is 1. The number of aromatic nitrogens is 2. The Balaban J connectivity index is 0.00000189. The number of methoxy groups -OCH3 is 1. The smallest absolute Gasteiger partial charge is 0.248 e. The Morgan fingerprint density at radius 3 is 2.44 bits per heavy atom. The number of hydrogen-bond donors (Lipinski definition) is 5. The lowest BCUT2D eigenvalue weighted by atomic mass is 9.99. The molecule has 9 nitrogen and oxygen atoms in total. The van der Waals surface area contributed by atoms with Gasteiger partial charge in [0.2, 0.25) is 5.91 Å². The number of rotatable bonds is 11. The Hall–Kier alpha value is -3.96. The molecule has 41 heavy (non-hydrogen) atoms. The molecule has 0 saturated heterocycles. The van der Waals surface area contributed by atoms with Gasteiger partial charge in [-0.1, -0.05) is 23.7 Å². The summed E-state index contributed by atoms with van der Waals surface area (Å²) in [6, 6.07) is 19.5. The van der Waals surface area contributed by atoms with Crippen LogP contribution in [0, 0.1) is 5.41 Å². The van der Waals surface area contributed by atoms with Crippen molar-refractivity contribution < 1.29 is 9.53 Å².